The molecule has 0 aromatic heterocycles. The summed E-state index contributed by atoms with van der Waals surface area (Å²) in [5.41, 5.74) is 0.738. The Kier molecular flexibility index (Phi) is 4.02. The van der Waals surface area contributed by atoms with Crippen molar-refractivity contribution in [1.82, 2.24) is 5.32 Å². The van der Waals surface area contributed by atoms with E-state index in [1.165, 1.54) is 7.11 Å². The molecule has 0 saturated heterocycles. The number of fused-ring (bicyclic) bond motifs is 1. The highest BCUT2D eigenvalue weighted by Crippen LogP contribution is 2.28. The fraction of sp³-hybridized carbons (Fsp3) is 0.375. The van der Waals surface area contributed by atoms with Crippen molar-refractivity contribution in [2.24, 2.45) is 0 Å². The highest BCUT2D eigenvalue weighted by Gasteiger charge is 2.26. The number of nitrogens with one attached hydrogen (secondary N) is 1. The maximum Gasteiger partial charge on any atom is 0.339 e. The second-order valence-corrected chi connectivity index (χ2v) is 5.74. The van der Waals surface area contributed by atoms with Crippen molar-refractivity contribution in [3.63, 3.8) is 0 Å². The van der Waals surface area contributed by atoms with Gasteiger partial charge in [0, 0.05) is 17.7 Å². The first-order valence-electron chi connectivity index (χ1n) is 6.72. The molecule has 1 aromatic rings. The van der Waals surface area contributed by atoms with Gasteiger partial charge in [-0.2, -0.15) is 0 Å². The van der Waals surface area contributed by atoms with Crippen LogP contribution >= 0.6 is 0 Å². The van der Waals surface area contributed by atoms with Gasteiger partial charge in [-0.3, -0.25) is 4.79 Å². The first-order chi connectivity index (χ1) is 9.81. The third kappa shape index (κ3) is 3.42. The van der Waals surface area contributed by atoms with Crippen LogP contribution in [0.15, 0.2) is 24.3 Å². The molecule has 0 atom stereocenters. The van der Waals surface area contributed by atoms with Crippen LogP contribution < -0.4 is 10.1 Å². The molecule has 112 valence electrons. The van der Waals surface area contributed by atoms with Gasteiger partial charge in [-0.25, -0.2) is 4.79 Å². The van der Waals surface area contributed by atoms with Crippen molar-refractivity contribution in [2.45, 2.75) is 26.4 Å². The van der Waals surface area contributed by atoms with Gasteiger partial charge in [-0.15, -0.1) is 0 Å². The highest BCUT2D eigenvalue weighted by atomic mass is 16.6. The lowest BCUT2D eigenvalue weighted by Gasteiger charge is -2.21. The smallest absolute Gasteiger partial charge is 0.339 e. The molecule has 2 rings (SSSR count). The summed E-state index contributed by atoms with van der Waals surface area (Å²) < 4.78 is 10.6. The molecule has 0 aliphatic carbocycles. The number of esters is 1. The molecule has 5 heteroatoms. The minimum absolute atomic E-state index is 0.220. The van der Waals surface area contributed by atoms with Crippen molar-refractivity contribution >= 4 is 17.4 Å². The van der Waals surface area contributed by atoms with Crippen molar-refractivity contribution in [1.29, 1.82) is 0 Å². The van der Waals surface area contributed by atoms with Gasteiger partial charge >= 0.3 is 5.97 Å². The average molecular weight is 289 g/mol. The number of hydrogen-bond donors (Lipinski definition) is 1. The molecule has 0 bridgehead atoms. The molecule has 1 aliphatic heterocycles. The van der Waals surface area contributed by atoms with Crippen LogP contribution in [0.2, 0.25) is 0 Å². The van der Waals surface area contributed by atoms with E-state index in [-0.39, 0.29) is 12.5 Å². The van der Waals surface area contributed by atoms with Gasteiger partial charge in [0.15, 0.2) is 0 Å². The minimum Gasteiger partial charge on any atom is -0.497 e. The Balaban J connectivity index is 2.48. The number of benzene rings is 1. The van der Waals surface area contributed by atoms with Crippen molar-refractivity contribution < 1.29 is 19.1 Å². The summed E-state index contributed by atoms with van der Waals surface area (Å²) in [4.78, 5) is 24.4. The minimum atomic E-state index is -0.597. The number of ether oxygens (including phenoxy) is 2. The number of rotatable bonds is 2. The number of amides is 1. The molecule has 21 heavy (non-hydrogen) atoms. The van der Waals surface area contributed by atoms with Crippen LogP contribution in [0.3, 0.4) is 0 Å². The molecular weight excluding hydrogens is 270 g/mol. The summed E-state index contributed by atoms with van der Waals surface area (Å²) in [6.45, 7) is 5.69. The van der Waals surface area contributed by atoms with Crippen molar-refractivity contribution in [2.75, 3.05) is 13.7 Å². The molecule has 1 aliphatic rings. The standard InChI is InChI=1S/C16H19NO4/c1-16(2,3)21-15(19)12-7-8-17-14(18)11-6-5-10(20-4)9-13(11)12/h5-7,9H,8H2,1-4H3,(H,17,18). The lowest BCUT2D eigenvalue weighted by molar-refractivity contribution is -0.147. The number of methoxy groups -OCH3 is 1. The van der Waals surface area contributed by atoms with Gasteiger partial charge in [0.05, 0.1) is 12.7 Å². The van der Waals surface area contributed by atoms with E-state index in [0.717, 1.165) is 0 Å². The van der Waals surface area contributed by atoms with E-state index in [0.29, 0.717) is 22.4 Å². The Bertz CT molecular complexity index is 611. The second kappa shape index (κ2) is 5.60. The van der Waals surface area contributed by atoms with Gasteiger partial charge in [0.1, 0.15) is 11.4 Å². The predicted molar refractivity (Wildman–Crippen MR) is 79.1 cm³/mol. The molecule has 1 N–H and O–H groups in total. The first-order valence-corrected chi connectivity index (χ1v) is 6.72. The van der Waals surface area contributed by atoms with Gasteiger partial charge in [-0.05, 0) is 39.0 Å². The normalized spacial score (nSPS) is 14.5. The van der Waals surface area contributed by atoms with Crippen molar-refractivity contribution in [3.05, 3.63) is 35.4 Å². The van der Waals surface area contributed by atoms with E-state index in [1.807, 2.05) is 0 Å². The lowest BCUT2D eigenvalue weighted by Crippen LogP contribution is -2.24. The third-order valence-corrected chi connectivity index (χ3v) is 2.95. The molecule has 1 amide bonds. The van der Waals surface area contributed by atoms with Crippen LogP contribution in [0, 0.1) is 0 Å². The van der Waals surface area contributed by atoms with Crippen LogP contribution in [0.1, 0.15) is 36.7 Å². The second-order valence-electron chi connectivity index (χ2n) is 5.74. The van der Waals surface area contributed by atoms with Crippen LogP contribution in [0.5, 0.6) is 5.75 Å². The van der Waals surface area contributed by atoms with Crippen LogP contribution in [0.25, 0.3) is 5.57 Å². The molecule has 1 heterocycles. The first kappa shape index (κ1) is 15.1. The summed E-state index contributed by atoms with van der Waals surface area (Å²) >= 11 is 0. The van der Waals surface area contributed by atoms with E-state index in [1.54, 1.807) is 45.0 Å². The third-order valence-electron chi connectivity index (χ3n) is 2.95. The number of carbonyl (C=O) groups excluding carboxylic acids is 2. The Hall–Kier alpha value is -2.30. The SMILES string of the molecule is COc1ccc2c(c1)C(C(=O)OC(C)(C)C)=CCNC2=O. The molecule has 0 unspecified atom stereocenters. The van der Waals surface area contributed by atoms with Crippen LogP contribution in [-0.4, -0.2) is 31.1 Å². The van der Waals surface area contributed by atoms with Gasteiger partial charge < -0.3 is 14.8 Å². The van der Waals surface area contributed by atoms with E-state index in [9.17, 15) is 9.59 Å². The van der Waals surface area contributed by atoms with Gasteiger partial charge in [-0.1, -0.05) is 6.08 Å². The quantitative estimate of drug-likeness (QED) is 0.847. The number of hydrogen-bond acceptors (Lipinski definition) is 4. The fourth-order valence-corrected chi connectivity index (χ4v) is 2.05. The maximum atomic E-state index is 12.4. The molecule has 0 radical (unpaired) electrons. The average Bonchev–Trinajstić information content (AvgIpc) is 2.56. The Morgan fingerprint density at radius 2 is 1.95 bits per heavy atom. The number of carbonyl (C=O) groups is 2. The van der Waals surface area contributed by atoms with Crippen LogP contribution in [-0.2, 0) is 9.53 Å². The molecular formula is C16H19NO4. The fourth-order valence-electron chi connectivity index (χ4n) is 2.05. The zero-order valence-corrected chi connectivity index (χ0v) is 12.6. The molecule has 1 aromatic carbocycles. The van der Waals surface area contributed by atoms with E-state index < -0.39 is 11.6 Å². The summed E-state index contributed by atoms with van der Waals surface area (Å²) in [5.74, 6) is -0.0890. The molecule has 0 saturated carbocycles. The van der Waals surface area contributed by atoms with Crippen LogP contribution in [0.4, 0.5) is 0 Å². The predicted octanol–water partition coefficient (Wildman–Crippen LogP) is 2.16. The lowest BCUT2D eigenvalue weighted by atomic mass is 9.99. The Morgan fingerprint density at radius 3 is 2.57 bits per heavy atom. The Morgan fingerprint density at radius 1 is 1.24 bits per heavy atom. The van der Waals surface area contributed by atoms with E-state index in [4.69, 9.17) is 9.47 Å². The van der Waals surface area contributed by atoms with Gasteiger partial charge in [0.2, 0.25) is 0 Å². The van der Waals surface area contributed by atoms with E-state index in [2.05, 4.69) is 5.32 Å². The molecule has 0 fully saturated rings. The van der Waals surface area contributed by atoms with E-state index >= 15 is 0 Å². The highest BCUT2D eigenvalue weighted by molar-refractivity contribution is 6.20. The topological polar surface area (TPSA) is 64.6 Å². The largest absolute Gasteiger partial charge is 0.497 e. The zero-order chi connectivity index (χ0) is 15.6. The zero-order valence-electron chi connectivity index (χ0n) is 12.6. The van der Waals surface area contributed by atoms with Gasteiger partial charge in [0.25, 0.3) is 5.91 Å². The molecule has 5 nitrogen and oxygen atoms in total. The summed E-state index contributed by atoms with van der Waals surface area (Å²) in [6, 6.07) is 5.01. The van der Waals surface area contributed by atoms with Crippen molar-refractivity contribution in [3.8, 4) is 5.75 Å². The monoisotopic (exact) mass is 289 g/mol. The summed E-state index contributed by atoms with van der Waals surface area (Å²) in [5, 5.41) is 2.72. The maximum absolute atomic E-state index is 12.4. The Labute approximate surface area is 123 Å². The molecule has 0 spiro atoms. The summed E-state index contributed by atoms with van der Waals surface area (Å²) in [6.07, 6.45) is 1.66. The summed E-state index contributed by atoms with van der Waals surface area (Å²) in [7, 11) is 1.54.